The number of nitrogens with zero attached hydrogens (tertiary/aromatic N) is 3. The van der Waals surface area contributed by atoms with Crippen LogP contribution in [-0.4, -0.2) is 20.7 Å². The Morgan fingerprint density at radius 1 is 1.22 bits per heavy atom. The van der Waals surface area contributed by atoms with E-state index in [1.54, 1.807) is 6.20 Å². The van der Waals surface area contributed by atoms with E-state index >= 15 is 0 Å². The van der Waals surface area contributed by atoms with Gasteiger partial charge in [0.2, 0.25) is 5.78 Å². The third-order valence-corrected chi connectivity index (χ3v) is 5.07. The van der Waals surface area contributed by atoms with Crippen molar-refractivity contribution in [2.24, 2.45) is 0 Å². The van der Waals surface area contributed by atoms with Gasteiger partial charge in [0.05, 0.1) is 17.0 Å². The maximum Gasteiger partial charge on any atom is 0.206 e. The van der Waals surface area contributed by atoms with Crippen molar-refractivity contribution in [3.63, 3.8) is 0 Å². The number of allylic oxidation sites excluding steroid dienone is 1. The molecule has 0 amide bonds. The maximum atomic E-state index is 13.0. The zero-order valence-corrected chi connectivity index (χ0v) is 15.2. The van der Waals surface area contributed by atoms with E-state index in [4.69, 9.17) is 0 Å². The molecule has 3 heterocycles. The number of pyridine rings is 1. The second-order valence-electron chi connectivity index (χ2n) is 5.96. The molecule has 0 fully saturated rings. The van der Waals surface area contributed by atoms with E-state index in [2.05, 4.69) is 15.0 Å². The van der Waals surface area contributed by atoms with Crippen molar-refractivity contribution < 1.29 is 4.79 Å². The number of aromatic nitrogens is 3. The molecule has 5 nitrogen and oxygen atoms in total. The zero-order valence-electron chi connectivity index (χ0n) is 14.4. The van der Waals surface area contributed by atoms with Gasteiger partial charge in [-0.05, 0) is 31.2 Å². The molecule has 130 valence electrons. The van der Waals surface area contributed by atoms with Crippen LogP contribution in [0.1, 0.15) is 21.7 Å². The van der Waals surface area contributed by atoms with Crippen LogP contribution in [0, 0.1) is 18.3 Å². The Kier molecular flexibility index (Phi) is 4.37. The van der Waals surface area contributed by atoms with Crippen molar-refractivity contribution in [3.05, 3.63) is 76.6 Å². The number of thiazole rings is 1. The van der Waals surface area contributed by atoms with Gasteiger partial charge in [0.1, 0.15) is 16.6 Å². The van der Waals surface area contributed by atoms with E-state index in [1.165, 1.54) is 17.4 Å². The Morgan fingerprint density at radius 3 is 2.81 bits per heavy atom. The van der Waals surface area contributed by atoms with Gasteiger partial charge in [-0.2, -0.15) is 5.26 Å². The molecule has 0 saturated carbocycles. The van der Waals surface area contributed by atoms with E-state index in [0.717, 1.165) is 27.3 Å². The van der Waals surface area contributed by atoms with Crippen LogP contribution < -0.4 is 0 Å². The monoisotopic (exact) mass is 370 g/mol. The molecule has 27 heavy (non-hydrogen) atoms. The highest BCUT2D eigenvalue weighted by atomic mass is 32.1. The molecule has 0 aliphatic rings. The summed E-state index contributed by atoms with van der Waals surface area (Å²) in [5.74, 6) is -0.306. The molecule has 1 aromatic carbocycles. The minimum absolute atomic E-state index is 0.0562. The number of hydrogen-bond donors (Lipinski definition) is 1. The van der Waals surface area contributed by atoms with Crippen LogP contribution in [0.4, 0.5) is 0 Å². The number of aryl methyl sites for hydroxylation is 1. The number of para-hydroxylation sites is 1. The average molecular weight is 370 g/mol. The van der Waals surface area contributed by atoms with Crippen molar-refractivity contribution >= 4 is 34.1 Å². The van der Waals surface area contributed by atoms with Crippen LogP contribution in [0.15, 0.2) is 59.6 Å². The van der Waals surface area contributed by atoms with Gasteiger partial charge < -0.3 is 4.98 Å². The standard InChI is InChI=1S/C21H14N4OS/c1-13-19(16-6-2-3-7-17(16)24-13)20(26)14(11-22)10-15-12-27-21(25-15)18-8-4-5-9-23-18/h2-10,12,24H,1H3/b14-10+. The molecule has 0 spiro atoms. The molecule has 6 heteroatoms. The van der Waals surface area contributed by atoms with Crippen molar-refractivity contribution in [3.8, 4) is 16.8 Å². The summed E-state index contributed by atoms with van der Waals surface area (Å²) in [4.78, 5) is 25.0. The Hall–Kier alpha value is -3.56. The number of carbonyl (C=O) groups is 1. The van der Waals surface area contributed by atoms with Crippen LogP contribution in [-0.2, 0) is 0 Å². The van der Waals surface area contributed by atoms with Crippen LogP contribution in [0.5, 0.6) is 0 Å². The Morgan fingerprint density at radius 2 is 2.04 bits per heavy atom. The summed E-state index contributed by atoms with van der Waals surface area (Å²) in [5, 5.41) is 12.9. The van der Waals surface area contributed by atoms with E-state index < -0.39 is 0 Å². The number of ketones is 1. The lowest BCUT2D eigenvalue weighted by molar-refractivity contribution is 0.104. The summed E-state index contributed by atoms with van der Waals surface area (Å²) in [7, 11) is 0. The number of carbonyl (C=O) groups excluding carboxylic acids is 1. The molecular formula is C21H14N4OS. The summed E-state index contributed by atoms with van der Waals surface area (Å²) in [5.41, 5.74) is 3.54. The van der Waals surface area contributed by atoms with E-state index in [1.807, 2.05) is 60.8 Å². The molecule has 0 aliphatic heterocycles. The number of H-pyrrole nitrogens is 1. The van der Waals surface area contributed by atoms with Gasteiger partial charge in [-0.3, -0.25) is 9.78 Å². The van der Waals surface area contributed by atoms with Gasteiger partial charge in [0.25, 0.3) is 0 Å². The number of nitriles is 1. The Balaban J connectivity index is 1.72. The fourth-order valence-corrected chi connectivity index (χ4v) is 3.71. The number of aromatic amines is 1. The number of nitrogens with one attached hydrogen (secondary N) is 1. The molecule has 4 rings (SSSR count). The Labute approximate surface area is 159 Å². The molecule has 0 atom stereocenters. The molecule has 0 unspecified atom stereocenters. The summed E-state index contributed by atoms with van der Waals surface area (Å²) >= 11 is 1.42. The highest BCUT2D eigenvalue weighted by molar-refractivity contribution is 7.13. The number of benzene rings is 1. The Bertz CT molecular complexity index is 1210. The maximum absolute atomic E-state index is 13.0. The molecule has 1 N–H and O–H groups in total. The zero-order chi connectivity index (χ0) is 18.8. The summed E-state index contributed by atoms with van der Waals surface area (Å²) in [6.45, 7) is 1.84. The first kappa shape index (κ1) is 16.9. The van der Waals surface area contributed by atoms with Crippen molar-refractivity contribution in [1.29, 1.82) is 5.26 Å². The van der Waals surface area contributed by atoms with Crippen LogP contribution in [0.2, 0.25) is 0 Å². The van der Waals surface area contributed by atoms with E-state index in [-0.39, 0.29) is 11.4 Å². The molecule has 0 saturated heterocycles. The number of Topliss-reactive ketones (excluding diaryl/α,β-unsaturated/α-hetero) is 1. The molecule has 0 bridgehead atoms. The smallest absolute Gasteiger partial charge is 0.206 e. The minimum Gasteiger partial charge on any atom is -0.358 e. The summed E-state index contributed by atoms with van der Waals surface area (Å²) in [6.07, 6.45) is 3.24. The number of fused-ring (bicyclic) bond motifs is 1. The highest BCUT2D eigenvalue weighted by Crippen LogP contribution is 2.26. The largest absolute Gasteiger partial charge is 0.358 e. The van der Waals surface area contributed by atoms with Crippen molar-refractivity contribution in [2.45, 2.75) is 6.92 Å². The second-order valence-corrected chi connectivity index (χ2v) is 6.82. The molecular weight excluding hydrogens is 356 g/mol. The number of hydrogen-bond acceptors (Lipinski definition) is 5. The molecule has 0 aliphatic carbocycles. The van der Waals surface area contributed by atoms with Gasteiger partial charge in [-0.15, -0.1) is 11.3 Å². The summed E-state index contributed by atoms with van der Waals surface area (Å²) < 4.78 is 0. The minimum atomic E-state index is -0.306. The van der Waals surface area contributed by atoms with E-state index in [9.17, 15) is 10.1 Å². The van der Waals surface area contributed by atoms with Crippen LogP contribution >= 0.6 is 11.3 Å². The first-order valence-electron chi connectivity index (χ1n) is 8.28. The number of rotatable bonds is 4. The fraction of sp³-hybridized carbons (Fsp3) is 0.0476. The van der Waals surface area contributed by atoms with E-state index in [0.29, 0.717) is 11.3 Å². The average Bonchev–Trinajstić information content (AvgIpc) is 3.29. The normalized spacial score (nSPS) is 11.5. The van der Waals surface area contributed by atoms with Gasteiger partial charge >= 0.3 is 0 Å². The van der Waals surface area contributed by atoms with Crippen LogP contribution in [0.3, 0.4) is 0 Å². The first-order chi connectivity index (χ1) is 13.2. The SMILES string of the molecule is Cc1[nH]c2ccccc2c1C(=O)/C(C#N)=C/c1csc(-c2ccccn2)n1. The summed E-state index contributed by atoms with van der Waals surface area (Å²) in [6, 6.07) is 15.2. The lowest BCUT2D eigenvalue weighted by Gasteiger charge is -1.99. The third kappa shape index (κ3) is 3.16. The molecule has 0 radical (unpaired) electrons. The van der Waals surface area contributed by atoms with Crippen molar-refractivity contribution in [2.75, 3.05) is 0 Å². The van der Waals surface area contributed by atoms with Gasteiger partial charge in [0, 0.05) is 28.2 Å². The van der Waals surface area contributed by atoms with Crippen molar-refractivity contribution in [1.82, 2.24) is 15.0 Å². The molecule has 3 aromatic heterocycles. The van der Waals surface area contributed by atoms with Gasteiger partial charge in [-0.25, -0.2) is 4.98 Å². The third-order valence-electron chi connectivity index (χ3n) is 4.18. The van der Waals surface area contributed by atoms with Gasteiger partial charge in [0.15, 0.2) is 0 Å². The van der Waals surface area contributed by atoms with Crippen LogP contribution in [0.25, 0.3) is 27.7 Å². The molecule has 4 aromatic rings. The fourth-order valence-electron chi connectivity index (χ4n) is 2.96. The van der Waals surface area contributed by atoms with Gasteiger partial charge in [-0.1, -0.05) is 24.3 Å². The lowest BCUT2D eigenvalue weighted by atomic mass is 10.0. The highest BCUT2D eigenvalue weighted by Gasteiger charge is 2.20. The first-order valence-corrected chi connectivity index (χ1v) is 9.16. The second kappa shape index (κ2) is 6.98. The topological polar surface area (TPSA) is 82.4 Å². The predicted molar refractivity (Wildman–Crippen MR) is 106 cm³/mol. The predicted octanol–water partition coefficient (Wildman–Crippen LogP) is 4.78. The lowest BCUT2D eigenvalue weighted by Crippen LogP contribution is -2.03. The quantitative estimate of drug-likeness (QED) is 0.318.